The molecule has 130 valence electrons. The van der Waals surface area contributed by atoms with Gasteiger partial charge in [0.2, 0.25) is 0 Å². The van der Waals surface area contributed by atoms with Crippen molar-refractivity contribution in [2.45, 2.75) is 11.3 Å². The van der Waals surface area contributed by atoms with Crippen LogP contribution in [0.5, 0.6) is 0 Å². The van der Waals surface area contributed by atoms with E-state index in [0.29, 0.717) is 5.56 Å². The second kappa shape index (κ2) is 9.87. The molecule has 1 aliphatic rings. The molecule has 4 N–H and O–H groups in total. The van der Waals surface area contributed by atoms with Gasteiger partial charge in [0, 0.05) is 17.3 Å². The Hall–Kier alpha value is -0.140. The van der Waals surface area contributed by atoms with Crippen molar-refractivity contribution in [2.24, 2.45) is 11.7 Å². The molecule has 1 aliphatic carbocycles. The molecule has 0 radical (unpaired) electrons. The summed E-state index contributed by atoms with van der Waals surface area (Å²) in [5.41, 5.74) is 11.1. The quantitative estimate of drug-likeness (QED) is 0.278. The Bertz CT molecular complexity index is 969. The zero-order valence-electron chi connectivity index (χ0n) is 14.2. The van der Waals surface area contributed by atoms with E-state index in [-0.39, 0.29) is 81.8 Å². The molecular weight excluding hydrogens is 402 g/mol. The normalized spacial score (nSPS) is 17.7. The molecule has 0 saturated carbocycles. The van der Waals surface area contributed by atoms with Crippen LogP contribution in [0, 0.1) is 5.92 Å². The van der Waals surface area contributed by atoms with Crippen LogP contribution in [-0.4, -0.2) is 25.9 Å². The van der Waals surface area contributed by atoms with Gasteiger partial charge in [0.05, 0.1) is 9.80 Å². The number of nitrogen functional groups attached to an aromatic ring is 1. The summed E-state index contributed by atoms with van der Waals surface area (Å²) in [6.45, 7) is 0. The summed E-state index contributed by atoms with van der Waals surface area (Å²) in [5, 5.41) is 0. The van der Waals surface area contributed by atoms with Crippen molar-refractivity contribution in [3.63, 3.8) is 0 Å². The predicted molar refractivity (Wildman–Crippen MR) is 86.0 cm³/mol. The third-order valence-electron chi connectivity index (χ3n) is 3.41. The van der Waals surface area contributed by atoms with E-state index in [1.165, 1.54) is 24.3 Å². The third kappa shape index (κ3) is 6.79. The van der Waals surface area contributed by atoms with Crippen LogP contribution < -0.4 is 70.6 Å². The Balaban J connectivity index is 0.00000312. The first-order valence-electron chi connectivity index (χ1n) is 6.65. The number of hydrogen-bond acceptors (Lipinski definition) is 8. The maximum Gasteiger partial charge on any atom is 1.00 e. The molecule has 0 heterocycles. The van der Waals surface area contributed by atoms with E-state index in [9.17, 15) is 25.9 Å². The molecule has 2 rings (SSSR count). The molecule has 0 aliphatic heterocycles. The fraction of sp³-hybridized carbons (Fsp3) is 0.143. The van der Waals surface area contributed by atoms with Gasteiger partial charge in [-0.1, -0.05) is 24.3 Å². The topological polar surface area (TPSA) is 166 Å². The van der Waals surface area contributed by atoms with Gasteiger partial charge in [-0.15, -0.1) is 0 Å². The molecule has 0 fully saturated rings. The minimum Gasteiger partial charge on any atom is -0.744 e. The Morgan fingerprint density at radius 2 is 1.65 bits per heavy atom. The maximum atomic E-state index is 11.1. The molecule has 1 atom stereocenters. The van der Waals surface area contributed by atoms with E-state index in [1.807, 2.05) is 0 Å². The van der Waals surface area contributed by atoms with Crippen LogP contribution in [0.25, 0.3) is 6.08 Å². The van der Waals surface area contributed by atoms with Gasteiger partial charge in [0.25, 0.3) is 0 Å². The minimum atomic E-state index is -4.70. The predicted octanol–water partition coefficient (Wildman–Crippen LogP) is -5.51. The second-order valence-electron chi connectivity index (χ2n) is 5.17. The van der Waals surface area contributed by atoms with E-state index in [2.05, 4.69) is 0 Å². The largest absolute Gasteiger partial charge is 1.00 e. The van der Waals surface area contributed by atoms with Gasteiger partial charge < -0.3 is 20.6 Å². The molecule has 0 aromatic heterocycles. The molecule has 0 spiro atoms. The number of hydrogen-bond donors (Lipinski definition) is 2. The van der Waals surface area contributed by atoms with Gasteiger partial charge in [-0.3, -0.25) is 0 Å². The summed E-state index contributed by atoms with van der Waals surface area (Å²) in [6, 6.07) is 3.91. The van der Waals surface area contributed by atoms with Crippen LogP contribution in [0.1, 0.15) is 12.0 Å². The molecule has 0 saturated heterocycles. The van der Waals surface area contributed by atoms with Crippen molar-refractivity contribution in [1.82, 2.24) is 0 Å². The average Bonchev–Trinajstić information content (AvgIpc) is 2.45. The van der Waals surface area contributed by atoms with Gasteiger partial charge >= 0.3 is 59.1 Å². The number of allylic oxidation sites excluding steroid dienone is 4. The SMILES string of the molecule is NC1=C(S(=O)(=O)[O-])CC(C=Cc2ccc(N)c(S(=O)(=O)[O-])c2)C=C1.[Na+].[Na+]. The van der Waals surface area contributed by atoms with E-state index in [0.717, 1.165) is 6.07 Å². The van der Waals surface area contributed by atoms with Crippen LogP contribution >= 0.6 is 0 Å². The summed E-state index contributed by atoms with van der Waals surface area (Å²) in [5.74, 6) is -0.416. The minimum absolute atomic E-state index is 0. The van der Waals surface area contributed by atoms with Gasteiger partial charge in [-0.25, -0.2) is 16.8 Å². The van der Waals surface area contributed by atoms with Crippen molar-refractivity contribution in [3.8, 4) is 0 Å². The van der Waals surface area contributed by atoms with Crippen molar-refractivity contribution < 1.29 is 85.1 Å². The van der Waals surface area contributed by atoms with E-state index < -0.39 is 31.0 Å². The van der Waals surface area contributed by atoms with E-state index in [4.69, 9.17) is 11.5 Å². The van der Waals surface area contributed by atoms with Crippen LogP contribution in [0.3, 0.4) is 0 Å². The summed E-state index contributed by atoms with van der Waals surface area (Å²) in [7, 11) is -9.34. The summed E-state index contributed by atoms with van der Waals surface area (Å²) in [6.07, 6.45) is 5.93. The standard InChI is InChI=1S/C14H16N2O6S2.2Na/c15-11-5-3-9(7-13(11)23(17,18)19)1-2-10-4-6-12(16)14(8-10)24(20,21)22;;/h1-7,10H,8,15-16H2,(H,17,18,19)(H,20,21,22);;/q;2*+1/p-2. The summed E-state index contributed by atoms with van der Waals surface area (Å²) >= 11 is 0. The fourth-order valence-electron chi connectivity index (χ4n) is 2.20. The van der Waals surface area contributed by atoms with Crippen molar-refractivity contribution in [3.05, 3.63) is 52.6 Å². The van der Waals surface area contributed by atoms with Crippen molar-refractivity contribution in [1.29, 1.82) is 0 Å². The van der Waals surface area contributed by atoms with Crippen LogP contribution in [0.15, 0.2) is 51.9 Å². The van der Waals surface area contributed by atoms with Crippen LogP contribution in [-0.2, 0) is 20.2 Å². The number of anilines is 1. The zero-order valence-corrected chi connectivity index (χ0v) is 19.9. The van der Waals surface area contributed by atoms with Gasteiger partial charge in [-0.2, -0.15) is 0 Å². The van der Waals surface area contributed by atoms with Crippen molar-refractivity contribution >= 4 is 32.0 Å². The fourth-order valence-corrected chi connectivity index (χ4v) is 3.60. The van der Waals surface area contributed by atoms with Crippen LogP contribution in [0.4, 0.5) is 5.69 Å². The molecule has 1 aromatic carbocycles. The summed E-state index contributed by atoms with van der Waals surface area (Å²) in [4.78, 5) is -0.921. The van der Waals surface area contributed by atoms with Crippen molar-refractivity contribution in [2.75, 3.05) is 5.73 Å². The van der Waals surface area contributed by atoms with E-state index in [1.54, 1.807) is 12.2 Å². The number of rotatable bonds is 4. The van der Waals surface area contributed by atoms with Gasteiger partial charge in [0.15, 0.2) is 0 Å². The monoisotopic (exact) mass is 416 g/mol. The first-order valence-corrected chi connectivity index (χ1v) is 9.46. The number of nitrogens with two attached hydrogens (primary N) is 2. The Kier molecular flexibility index (Phi) is 9.82. The first-order chi connectivity index (χ1) is 11.0. The molecule has 0 amide bonds. The smallest absolute Gasteiger partial charge is 0.744 e. The van der Waals surface area contributed by atoms with Gasteiger partial charge in [0.1, 0.15) is 20.2 Å². The molecule has 1 aromatic rings. The van der Waals surface area contributed by atoms with Gasteiger partial charge in [-0.05, 0) is 30.2 Å². The molecule has 12 heteroatoms. The molecule has 8 nitrogen and oxygen atoms in total. The Morgan fingerprint density at radius 3 is 2.19 bits per heavy atom. The Labute approximate surface area is 196 Å². The average molecular weight is 416 g/mol. The molecule has 26 heavy (non-hydrogen) atoms. The van der Waals surface area contributed by atoms with E-state index >= 15 is 0 Å². The Morgan fingerprint density at radius 1 is 1.04 bits per heavy atom. The molecule has 0 bridgehead atoms. The number of benzene rings is 1. The third-order valence-corrected chi connectivity index (χ3v) is 5.31. The molecular formula is C14H14N2Na2O6S2. The van der Waals surface area contributed by atoms with Crippen LogP contribution in [0.2, 0.25) is 0 Å². The second-order valence-corrected chi connectivity index (χ2v) is 7.92. The summed E-state index contributed by atoms with van der Waals surface area (Å²) < 4.78 is 66.8. The molecule has 1 unspecified atom stereocenters. The first kappa shape index (κ1) is 25.9. The maximum absolute atomic E-state index is 11.1. The zero-order chi connectivity index (χ0) is 18.1.